The Balaban J connectivity index is 1.86. The van der Waals surface area contributed by atoms with Crippen molar-refractivity contribution < 1.29 is 24.8 Å². The van der Waals surface area contributed by atoms with Crippen molar-refractivity contribution in [3.05, 3.63) is 69.7 Å². The average molecular weight is 403 g/mol. The Hall–Kier alpha value is -1.91. The summed E-state index contributed by atoms with van der Waals surface area (Å²) >= 11 is 6.37. The van der Waals surface area contributed by atoms with Gasteiger partial charge in [-0.2, -0.15) is 0 Å². The number of halogens is 1. The Kier molecular flexibility index (Phi) is 6.73. The quantitative estimate of drug-likeness (QED) is 0.667. The standard InChI is InChI=1S/C22H23ClO5/c1-3-13-4-6-14(7-5-13)10-16-11-15(8-9-17(16)23)21-19(25)20(26)22(27-2)18(12-24)28-21/h1,4-9,11,18-22,24-26H,10,12H2,2H3/t18-,19-,20-,21+,22-/m1/s1. The molecule has 5 nitrogen and oxygen atoms in total. The van der Waals surface area contributed by atoms with Gasteiger partial charge in [-0.05, 0) is 41.3 Å². The van der Waals surface area contributed by atoms with Crippen LogP contribution < -0.4 is 0 Å². The van der Waals surface area contributed by atoms with Gasteiger partial charge in [0, 0.05) is 17.7 Å². The Bertz CT molecular complexity index is 843. The normalized spacial score (nSPS) is 27.4. The molecule has 0 aliphatic carbocycles. The molecule has 28 heavy (non-hydrogen) atoms. The summed E-state index contributed by atoms with van der Waals surface area (Å²) in [5.41, 5.74) is 3.36. The van der Waals surface area contributed by atoms with Crippen molar-refractivity contribution in [3.63, 3.8) is 0 Å². The van der Waals surface area contributed by atoms with Crippen molar-refractivity contribution >= 4 is 11.6 Å². The fraction of sp³-hybridized carbons (Fsp3) is 0.364. The van der Waals surface area contributed by atoms with Crippen LogP contribution in [-0.4, -0.2) is 53.5 Å². The van der Waals surface area contributed by atoms with E-state index in [0.717, 1.165) is 16.7 Å². The lowest BCUT2D eigenvalue weighted by molar-refractivity contribution is -0.238. The van der Waals surface area contributed by atoms with E-state index in [1.165, 1.54) is 7.11 Å². The van der Waals surface area contributed by atoms with E-state index >= 15 is 0 Å². The topological polar surface area (TPSA) is 79.2 Å². The Morgan fingerprint density at radius 2 is 1.86 bits per heavy atom. The van der Waals surface area contributed by atoms with Gasteiger partial charge in [0.05, 0.1) is 6.61 Å². The van der Waals surface area contributed by atoms with Gasteiger partial charge in [-0.1, -0.05) is 41.8 Å². The van der Waals surface area contributed by atoms with Crippen LogP contribution in [0.5, 0.6) is 0 Å². The Morgan fingerprint density at radius 1 is 1.14 bits per heavy atom. The lowest BCUT2D eigenvalue weighted by Gasteiger charge is -2.41. The van der Waals surface area contributed by atoms with E-state index in [0.29, 0.717) is 17.0 Å². The van der Waals surface area contributed by atoms with Gasteiger partial charge >= 0.3 is 0 Å². The van der Waals surface area contributed by atoms with Crippen molar-refractivity contribution in [3.8, 4) is 12.3 Å². The van der Waals surface area contributed by atoms with Gasteiger partial charge in [-0.15, -0.1) is 6.42 Å². The van der Waals surface area contributed by atoms with Crippen LogP contribution in [-0.2, 0) is 15.9 Å². The molecule has 1 saturated heterocycles. The molecular weight excluding hydrogens is 380 g/mol. The minimum Gasteiger partial charge on any atom is -0.394 e. The second-order valence-electron chi connectivity index (χ2n) is 6.83. The SMILES string of the molecule is C#Cc1ccc(Cc2cc([C@@H]3O[C@H](CO)[C@@H](OC)[C@H](O)[C@H]3O)ccc2Cl)cc1. The summed E-state index contributed by atoms with van der Waals surface area (Å²) in [5.74, 6) is 2.58. The molecule has 1 heterocycles. The van der Waals surface area contributed by atoms with Crippen molar-refractivity contribution in [2.45, 2.75) is 36.9 Å². The van der Waals surface area contributed by atoms with Gasteiger partial charge in [0.2, 0.25) is 0 Å². The highest BCUT2D eigenvalue weighted by Crippen LogP contribution is 2.35. The summed E-state index contributed by atoms with van der Waals surface area (Å²) < 4.78 is 11.0. The number of terminal acetylenes is 1. The molecule has 2 aromatic rings. The zero-order valence-corrected chi connectivity index (χ0v) is 16.2. The third-order valence-corrected chi connectivity index (χ3v) is 5.42. The molecule has 0 spiro atoms. The van der Waals surface area contributed by atoms with Crippen molar-refractivity contribution in [1.29, 1.82) is 0 Å². The number of aliphatic hydroxyl groups excluding tert-OH is 3. The minimum atomic E-state index is -1.20. The van der Waals surface area contributed by atoms with E-state index in [1.54, 1.807) is 12.1 Å². The van der Waals surface area contributed by atoms with Gasteiger partial charge < -0.3 is 24.8 Å². The zero-order chi connectivity index (χ0) is 20.3. The highest BCUT2D eigenvalue weighted by Gasteiger charge is 2.45. The molecule has 0 bridgehead atoms. The number of rotatable bonds is 5. The molecule has 3 rings (SSSR count). The molecule has 5 atom stereocenters. The molecule has 2 aromatic carbocycles. The first-order valence-electron chi connectivity index (χ1n) is 8.97. The van der Waals surface area contributed by atoms with E-state index in [-0.39, 0.29) is 6.61 Å². The maximum atomic E-state index is 10.5. The fourth-order valence-corrected chi connectivity index (χ4v) is 3.68. The lowest BCUT2D eigenvalue weighted by Crippen LogP contribution is -2.56. The van der Waals surface area contributed by atoms with Crippen LogP contribution >= 0.6 is 11.6 Å². The first-order valence-corrected chi connectivity index (χ1v) is 9.35. The monoisotopic (exact) mass is 402 g/mol. The van der Waals surface area contributed by atoms with Crippen LogP contribution in [0.15, 0.2) is 42.5 Å². The van der Waals surface area contributed by atoms with Gasteiger partial charge in [0.25, 0.3) is 0 Å². The number of benzene rings is 2. The molecule has 0 saturated carbocycles. The van der Waals surface area contributed by atoms with Crippen LogP contribution in [0.4, 0.5) is 0 Å². The molecule has 0 unspecified atom stereocenters. The zero-order valence-electron chi connectivity index (χ0n) is 15.5. The van der Waals surface area contributed by atoms with Crippen LogP contribution in [0.2, 0.25) is 5.02 Å². The van der Waals surface area contributed by atoms with E-state index in [2.05, 4.69) is 5.92 Å². The maximum absolute atomic E-state index is 10.5. The largest absolute Gasteiger partial charge is 0.394 e. The highest BCUT2D eigenvalue weighted by atomic mass is 35.5. The number of hydrogen-bond donors (Lipinski definition) is 3. The number of methoxy groups -OCH3 is 1. The smallest absolute Gasteiger partial charge is 0.114 e. The molecule has 148 valence electrons. The molecule has 1 fully saturated rings. The highest BCUT2D eigenvalue weighted by molar-refractivity contribution is 6.31. The van der Waals surface area contributed by atoms with E-state index < -0.39 is 30.5 Å². The molecule has 1 aliphatic rings. The minimum absolute atomic E-state index is 0.333. The maximum Gasteiger partial charge on any atom is 0.114 e. The number of aliphatic hydroxyl groups is 3. The summed E-state index contributed by atoms with van der Waals surface area (Å²) in [6.45, 7) is -0.333. The number of ether oxygens (including phenoxy) is 2. The fourth-order valence-electron chi connectivity index (χ4n) is 3.50. The van der Waals surface area contributed by atoms with Crippen LogP contribution in [0.3, 0.4) is 0 Å². The summed E-state index contributed by atoms with van der Waals surface area (Å²) in [6, 6.07) is 13.0. The molecule has 6 heteroatoms. The van der Waals surface area contributed by atoms with Gasteiger partial charge in [-0.3, -0.25) is 0 Å². The number of hydrogen-bond acceptors (Lipinski definition) is 5. The Labute approximate surface area is 169 Å². The first kappa shape index (κ1) is 20.8. The van der Waals surface area contributed by atoms with Crippen LogP contribution in [0.1, 0.15) is 28.4 Å². The lowest BCUT2D eigenvalue weighted by atomic mass is 9.90. The van der Waals surface area contributed by atoms with E-state index in [4.69, 9.17) is 27.5 Å². The summed E-state index contributed by atoms with van der Waals surface area (Å²) in [5, 5.41) is 31.0. The Morgan fingerprint density at radius 3 is 2.46 bits per heavy atom. The van der Waals surface area contributed by atoms with Crippen LogP contribution in [0.25, 0.3) is 0 Å². The molecular formula is C22H23ClO5. The van der Waals surface area contributed by atoms with Crippen molar-refractivity contribution in [1.82, 2.24) is 0 Å². The third-order valence-electron chi connectivity index (χ3n) is 5.05. The third kappa shape index (κ3) is 4.23. The molecule has 1 aliphatic heterocycles. The van der Waals surface area contributed by atoms with E-state index in [9.17, 15) is 15.3 Å². The van der Waals surface area contributed by atoms with E-state index in [1.807, 2.05) is 30.3 Å². The molecule has 0 aromatic heterocycles. The molecule has 0 radical (unpaired) electrons. The van der Waals surface area contributed by atoms with Gasteiger partial charge in [0.15, 0.2) is 0 Å². The predicted molar refractivity (Wildman–Crippen MR) is 106 cm³/mol. The van der Waals surface area contributed by atoms with Crippen molar-refractivity contribution in [2.24, 2.45) is 0 Å². The average Bonchev–Trinajstić information content (AvgIpc) is 2.72. The predicted octanol–water partition coefficient (Wildman–Crippen LogP) is 2.08. The molecule has 0 amide bonds. The second-order valence-corrected chi connectivity index (χ2v) is 7.24. The van der Waals surface area contributed by atoms with Crippen LogP contribution in [0, 0.1) is 12.3 Å². The van der Waals surface area contributed by atoms with Crippen molar-refractivity contribution in [2.75, 3.05) is 13.7 Å². The summed E-state index contributed by atoms with van der Waals surface area (Å²) in [7, 11) is 1.40. The van der Waals surface area contributed by atoms with Gasteiger partial charge in [-0.25, -0.2) is 0 Å². The first-order chi connectivity index (χ1) is 13.5. The second kappa shape index (κ2) is 9.06. The summed E-state index contributed by atoms with van der Waals surface area (Å²) in [6.07, 6.45) is 1.22. The molecule has 3 N–H and O–H groups in total. The van der Waals surface area contributed by atoms with Gasteiger partial charge in [0.1, 0.15) is 30.5 Å². The summed E-state index contributed by atoms with van der Waals surface area (Å²) in [4.78, 5) is 0.